The van der Waals surface area contributed by atoms with E-state index in [1.54, 1.807) is 36.4 Å². The van der Waals surface area contributed by atoms with Crippen LogP contribution in [0.1, 0.15) is 54.3 Å². The molecular weight excluding hydrogens is 346 g/mol. The fourth-order valence-corrected chi connectivity index (χ4v) is 3.51. The summed E-state index contributed by atoms with van der Waals surface area (Å²) in [6, 6.07) is 3.01. The molecule has 0 bridgehead atoms. The van der Waals surface area contributed by atoms with Crippen LogP contribution in [0.15, 0.2) is 29.0 Å². The Morgan fingerprint density at radius 2 is 2.11 bits per heavy atom. The third-order valence-electron chi connectivity index (χ3n) is 5.40. The van der Waals surface area contributed by atoms with Crippen molar-refractivity contribution >= 4 is 11.8 Å². The topological polar surface area (TPSA) is 92.4 Å². The quantitative estimate of drug-likeness (QED) is 0.821. The highest BCUT2D eigenvalue weighted by Gasteiger charge is 2.48. The lowest BCUT2D eigenvalue weighted by atomic mass is 10.1. The van der Waals surface area contributed by atoms with Gasteiger partial charge in [-0.3, -0.25) is 14.6 Å². The molecule has 2 aliphatic rings. The van der Waals surface area contributed by atoms with Gasteiger partial charge in [0.15, 0.2) is 5.82 Å². The van der Waals surface area contributed by atoms with Gasteiger partial charge in [-0.15, -0.1) is 0 Å². The lowest BCUT2D eigenvalue weighted by Gasteiger charge is -2.30. The van der Waals surface area contributed by atoms with E-state index in [0.717, 1.165) is 12.8 Å². The molecule has 1 atom stereocenters. The van der Waals surface area contributed by atoms with Gasteiger partial charge in [-0.1, -0.05) is 12.1 Å². The van der Waals surface area contributed by atoms with E-state index in [-0.39, 0.29) is 17.2 Å². The summed E-state index contributed by atoms with van der Waals surface area (Å²) in [5.41, 5.74) is 0.255. The highest BCUT2D eigenvalue weighted by atomic mass is 16.5. The van der Waals surface area contributed by atoms with E-state index in [1.165, 1.54) is 0 Å². The van der Waals surface area contributed by atoms with Crippen molar-refractivity contribution in [3.8, 4) is 0 Å². The fraction of sp³-hybridized carbons (Fsp3) is 0.526. The Labute approximate surface area is 157 Å². The normalized spacial score (nSPS) is 21.6. The Morgan fingerprint density at radius 1 is 1.30 bits per heavy atom. The third kappa shape index (κ3) is 3.43. The molecule has 0 N–H and O–H groups in total. The molecule has 3 heterocycles. The molecule has 2 aromatic rings. The molecule has 0 spiro atoms. The van der Waals surface area contributed by atoms with Crippen molar-refractivity contribution in [2.24, 2.45) is 5.41 Å². The minimum absolute atomic E-state index is 0.143. The lowest BCUT2D eigenvalue weighted by molar-refractivity contribution is -0.136. The zero-order valence-corrected chi connectivity index (χ0v) is 15.6. The maximum absolute atomic E-state index is 13.1. The Morgan fingerprint density at radius 3 is 2.74 bits per heavy atom. The van der Waals surface area contributed by atoms with Gasteiger partial charge in [0.05, 0.1) is 12.1 Å². The minimum Gasteiger partial charge on any atom is -0.340 e. The number of amides is 2. The second kappa shape index (κ2) is 6.75. The monoisotopic (exact) mass is 369 g/mol. The molecule has 27 heavy (non-hydrogen) atoms. The molecule has 1 saturated carbocycles. The molecule has 1 saturated heterocycles. The van der Waals surface area contributed by atoms with E-state index in [4.69, 9.17) is 4.52 Å². The van der Waals surface area contributed by atoms with Gasteiger partial charge in [0, 0.05) is 30.9 Å². The Balaban J connectivity index is 1.65. The molecular formula is C19H23N5O3. The summed E-state index contributed by atoms with van der Waals surface area (Å²) < 4.78 is 5.40. The minimum atomic E-state index is -0.465. The smallest absolute Gasteiger partial charge is 0.256 e. The molecule has 142 valence electrons. The molecule has 1 aliphatic carbocycles. The Hall–Kier alpha value is -2.77. The maximum atomic E-state index is 13.1. The van der Waals surface area contributed by atoms with E-state index >= 15 is 0 Å². The molecule has 0 aromatic carbocycles. The largest absolute Gasteiger partial charge is 0.340 e. The molecule has 0 radical (unpaired) electrons. The van der Waals surface area contributed by atoms with Gasteiger partial charge in [-0.2, -0.15) is 4.98 Å². The van der Waals surface area contributed by atoms with Crippen LogP contribution in [-0.2, 0) is 4.79 Å². The highest BCUT2D eigenvalue weighted by Crippen LogP contribution is 2.47. The number of carbonyl (C=O) groups excluding carboxylic acids is 2. The van der Waals surface area contributed by atoms with Crippen molar-refractivity contribution in [1.29, 1.82) is 0 Å². The standard InChI is InChI=1S/C19H23N5O3/c1-13-21-16(27-22-13)15-12-23(18(26)19(2)6-7-19)9-4-10-24(15)17(25)14-5-3-8-20-11-14/h3,5,8,11,15H,4,6-7,9-10,12H2,1-2H3. The first-order chi connectivity index (χ1) is 13.0. The van der Waals surface area contributed by atoms with Gasteiger partial charge < -0.3 is 14.3 Å². The number of hydrogen-bond donors (Lipinski definition) is 0. The van der Waals surface area contributed by atoms with E-state index in [1.807, 2.05) is 11.8 Å². The van der Waals surface area contributed by atoms with Gasteiger partial charge in [0.25, 0.3) is 11.8 Å². The maximum Gasteiger partial charge on any atom is 0.256 e. The number of hydrogen-bond acceptors (Lipinski definition) is 6. The summed E-state index contributed by atoms with van der Waals surface area (Å²) in [4.78, 5) is 38.0. The molecule has 2 aromatic heterocycles. The first kappa shape index (κ1) is 17.6. The SMILES string of the molecule is Cc1noc(C2CN(C(=O)C3(C)CC3)CCCN2C(=O)c2cccnc2)n1. The molecule has 4 rings (SSSR count). The van der Waals surface area contributed by atoms with Crippen molar-refractivity contribution in [2.45, 2.75) is 39.2 Å². The van der Waals surface area contributed by atoms with Crippen LogP contribution in [0.3, 0.4) is 0 Å². The third-order valence-corrected chi connectivity index (χ3v) is 5.40. The number of pyridine rings is 1. The highest BCUT2D eigenvalue weighted by molar-refractivity contribution is 5.94. The summed E-state index contributed by atoms with van der Waals surface area (Å²) in [5, 5.41) is 3.88. The van der Waals surface area contributed by atoms with Gasteiger partial charge in [0.2, 0.25) is 5.91 Å². The van der Waals surface area contributed by atoms with Gasteiger partial charge >= 0.3 is 0 Å². The first-order valence-corrected chi connectivity index (χ1v) is 9.28. The van der Waals surface area contributed by atoms with Crippen LogP contribution < -0.4 is 0 Å². The number of carbonyl (C=O) groups is 2. The average Bonchev–Trinajstić information content (AvgIpc) is 3.36. The molecule has 8 nitrogen and oxygen atoms in total. The average molecular weight is 369 g/mol. The van der Waals surface area contributed by atoms with Crippen LogP contribution in [0, 0.1) is 12.3 Å². The fourth-order valence-electron chi connectivity index (χ4n) is 3.51. The predicted molar refractivity (Wildman–Crippen MR) is 95.6 cm³/mol. The summed E-state index contributed by atoms with van der Waals surface area (Å²) in [7, 11) is 0. The number of aromatic nitrogens is 3. The van der Waals surface area contributed by atoms with Gasteiger partial charge in [-0.05, 0) is 38.3 Å². The van der Waals surface area contributed by atoms with Crippen LogP contribution >= 0.6 is 0 Å². The molecule has 8 heteroatoms. The Kier molecular flexibility index (Phi) is 4.41. The van der Waals surface area contributed by atoms with Gasteiger partial charge in [-0.25, -0.2) is 0 Å². The van der Waals surface area contributed by atoms with Crippen LogP contribution in [0.5, 0.6) is 0 Å². The van der Waals surface area contributed by atoms with Crippen molar-refractivity contribution in [3.05, 3.63) is 41.8 Å². The van der Waals surface area contributed by atoms with Crippen molar-refractivity contribution < 1.29 is 14.1 Å². The summed E-state index contributed by atoms with van der Waals surface area (Å²) in [6.45, 7) is 5.24. The van der Waals surface area contributed by atoms with E-state index in [0.29, 0.717) is 43.3 Å². The van der Waals surface area contributed by atoms with Crippen LogP contribution in [0.4, 0.5) is 0 Å². The van der Waals surface area contributed by atoms with E-state index in [2.05, 4.69) is 15.1 Å². The number of aryl methyl sites for hydroxylation is 1. The van der Waals surface area contributed by atoms with Crippen LogP contribution in [-0.4, -0.2) is 56.4 Å². The summed E-state index contributed by atoms with van der Waals surface area (Å²) in [5.74, 6) is 0.885. The van der Waals surface area contributed by atoms with Crippen molar-refractivity contribution in [1.82, 2.24) is 24.9 Å². The summed E-state index contributed by atoms with van der Waals surface area (Å²) >= 11 is 0. The van der Waals surface area contributed by atoms with Crippen LogP contribution in [0.2, 0.25) is 0 Å². The van der Waals surface area contributed by atoms with E-state index in [9.17, 15) is 9.59 Å². The summed E-state index contributed by atoms with van der Waals surface area (Å²) in [6.07, 6.45) is 5.74. The zero-order valence-electron chi connectivity index (χ0n) is 15.6. The second-order valence-electron chi connectivity index (χ2n) is 7.60. The van der Waals surface area contributed by atoms with Crippen molar-refractivity contribution in [2.75, 3.05) is 19.6 Å². The molecule has 1 aliphatic heterocycles. The second-order valence-corrected chi connectivity index (χ2v) is 7.60. The van der Waals surface area contributed by atoms with Crippen LogP contribution in [0.25, 0.3) is 0 Å². The van der Waals surface area contributed by atoms with Gasteiger partial charge in [0.1, 0.15) is 6.04 Å². The number of rotatable bonds is 3. The van der Waals surface area contributed by atoms with Crippen molar-refractivity contribution in [3.63, 3.8) is 0 Å². The first-order valence-electron chi connectivity index (χ1n) is 9.28. The molecule has 1 unspecified atom stereocenters. The zero-order chi connectivity index (χ0) is 19.0. The predicted octanol–water partition coefficient (Wildman–Crippen LogP) is 1.99. The molecule has 2 fully saturated rings. The molecule has 2 amide bonds. The Bertz CT molecular complexity index is 846. The lowest BCUT2D eigenvalue weighted by Crippen LogP contribution is -2.42. The number of nitrogens with zero attached hydrogens (tertiary/aromatic N) is 5. The van der Waals surface area contributed by atoms with E-state index < -0.39 is 6.04 Å².